The highest BCUT2D eigenvalue weighted by Crippen LogP contribution is 2.58. The molecule has 0 radical (unpaired) electrons. The molecule has 3 aliphatic rings. The van der Waals surface area contributed by atoms with Gasteiger partial charge in [0.1, 0.15) is 0 Å². The first-order valence-corrected chi connectivity index (χ1v) is 19.5. The number of hydrogen-bond donors (Lipinski definition) is 0. The third-order valence-corrected chi connectivity index (χ3v) is 13.0. The van der Waals surface area contributed by atoms with Gasteiger partial charge in [-0.1, -0.05) is 127 Å². The molecule has 0 heterocycles. The summed E-state index contributed by atoms with van der Waals surface area (Å²) in [6.07, 6.45) is 5.66. The third-order valence-electron chi connectivity index (χ3n) is 12.1. The van der Waals surface area contributed by atoms with Gasteiger partial charge in [0, 0.05) is 3.57 Å². The van der Waals surface area contributed by atoms with E-state index in [4.69, 9.17) is 0 Å². The van der Waals surface area contributed by atoms with Gasteiger partial charge in [0.2, 0.25) is 0 Å². The predicted molar refractivity (Wildman–Crippen MR) is 221 cm³/mol. The van der Waals surface area contributed by atoms with Crippen LogP contribution in [0.15, 0.2) is 140 Å². The Hall–Kier alpha value is -4.73. The zero-order valence-electron chi connectivity index (χ0n) is 29.2. The monoisotopic (exact) mass is 766 g/mol. The van der Waals surface area contributed by atoms with Gasteiger partial charge in [0.15, 0.2) is 0 Å². The minimum Gasteiger partial charge on any atom is -0.0622 e. The Bertz CT molecular complexity index is 2480. The predicted octanol–water partition coefficient (Wildman–Crippen LogP) is 12.4. The number of aryl methyl sites for hydroxylation is 6. The van der Waals surface area contributed by atoms with Crippen molar-refractivity contribution in [2.24, 2.45) is 0 Å². The molecule has 0 saturated heterocycles. The lowest BCUT2D eigenvalue weighted by molar-refractivity contribution is 0.739. The van der Waals surface area contributed by atoms with Crippen LogP contribution < -0.4 is 0 Å². The summed E-state index contributed by atoms with van der Waals surface area (Å²) in [5, 5.41) is 0. The molecule has 1 heteroatoms. The van der Waals surface area contributed by atoms with Crippen molar-refractivity contribution >= 4 is 22.6 Å². The van der Waals surface area contributed by atoms with Gasteiger partial charge in [-0.2, -0.15) is 0 Å². The molecule has 0 aromatic heterocycles. The molecule has 7 aromatic carbocycles. The van der Waals surface area contributed by atoms with Crippen LogP contribution in [-0.2, 0) is 37.5 Å². The summed E-state index contributed by atoms with van der Waals surface area (Å²) >= 11 is 2.50. The van der Waals surface area contributed by atoms with E-state index in [0.717, 1.165) is 6.42 Å². The molecule has 0 spiro atoms. The van der Waals surface area contributed by atoms with Crippen molar-refractivity contribution in [3.8, 4) is 33.4 Å². The van der Waals surface area contributed by atoms with Crippen LogP contribution in [-0.4, -0.2) is 0 Å². The molecule has 0 nitrogen and oxygen atoms in total. The van der Waals surface area contributed by atoms with Crippen molar-refractivity contribution in [1.29, 1.82) is 0 Å². The molecule has 0 N–H and O–H groups in total. The van der Waals surface area contributed by atoms with Gasteiger partial charge in [0.05, 0.1) is 5.41 Å². The van der Waals surface area contributed by atoms with Gasteiger partial charge < -0.3 is 0 Å². The zero-order valence-corrected chi connectivity index (χ0v) is 31.4. The largest absolute Gasteiger partial charge is 0.0713 e. The molecule has 7 aromatic rings. The molecule has 51 heavy (non-hydrogen) atoms. The van der Waals surface area contributed by atoms with Gasteiger partial charge in [0.25, 0.3) is 0 Å². The fourth-order valence-corrected chi connectivity index (χ4v) is 9.87. The van der Waals surface area contributed by atoms with E-state index in [0.29, 0.717) is 0 Å². The Morgan fingerprint density at radius 2 is 1.16 bits per heavy atom. The Morgan fingerprint density at radius 3 is 1.82 bits per heavy atom. The van der Waals surface area contributed by atoms with Crippen LogP contribution in [0, 0.1) is 17.4 Å². The second-order valence-corrected chi connectivity index (χ2v) is 16.2. The fraction of sp³-hybridized carbons (Fsp3) is 0.160. The highest BCUT2D eigenvalue weighted by atomic mass is 127. The van der Waals surface area contributed by atoms with Crippen LogP contribution in [0.4, 0.5) is 0 Å². The van der Waals surface area contributed by atoms with E-state index in [1.54, 1.807) is 0 Å². The van der Waals surface area contributed by atoms with E-state index in [1.807, 2.05) is 0 Å². The normalized spacial score (nSPS) is 14.5. The summed E-state index contributed by atoms with van der Waals surface area (Å²) < 4.78 is 1.28. The molecule has 0 aliphatic heterocycles. The summed E-state index contributed by atoms with van der Waals surface area (Å²) in [5.74, 6) is 0. The maximum atomic E-state index is 2.54. The Kier molecular flexibility index (Phi) is 7.26. The van der Waals surface area contributed by atoms with Gasteiger partial charge in [-0.15, -0.1) is 0 Å². The van der Waals surface area contributed by atoms with Crippen LogP contribution in [0.25, 0.3) is 33.4 Å². The number of hydrogen-bond acceptors (Lipinski definition) is 0. The lowest BCUT2D eigenvalue weighted by atomic mass is 9.65. The highest BCUT2D eigenvalue weighted by Gasteiger charge is 2.47. The molecule has 0 atom stereocenters. The van der Waals surface area contributed by atoms with Crippen molar-refractivity contribution in [3.63, 3.8) is 0 Å². The molecular formula is C50H39I. The lowest BCUT2D eigenvalue weighted by Gasteiger charge is -2.37. The quantitative estimate of drug-likeness (QED) is 0.148. The lowest BCUT2D eigenvalue weighted by Crippen LogP contribution is -2.30. The highest BCUT2D eigenvalue weighted by molar-refractivity contribution is 14.1. The van der Waals surface area contributed by atoms with Crippen molar-refractivity contribution < 1.29 is 0 Å². The van der Waals surface area contributed by atoms with E-state index in [1.165, 1.54) is 129 Å². The minimum absolute atomic E-state index is 0.361. The van der Waals surface area contributed by atoms with E-state index < -0.39 is 0 Å². The van der Waals surface area contributed by atoms with Crippen LogP contribution >= 0.6 is 22.6 Å². The first-order chi connectivity index (χ1) is 25.0. The molecule has 0 saturated carbocycles. The maximum Gasteiger partial charge on any atom is 0.0713 e. The van der Waals surface area contributed by atoms with Gasteiger partial charge in [-0.05, 0) is 181 Å². The van der Waals surface area contributed by atoms with E-state index in [-0.39, 0.29) is 5.41 Å². The van der Waals surface area contributed by atoms with E-state index in [9.17, 15) is 0 Å². The van der Waals surface area contributed by atoms with Gasteiger partial charge in [-0.25, -0.2) is 0 Å². The van der Waals surface area contributed by atoms with E-state index >= 15 is 0 Å². The maximum absolute atomic E-state index is 2.54. The summed E-state index contributed by atoms with van der Waals surface area (Å²) in [6.45, 7) is 4.58. The Labute approximate surface area is 315 Å². The topological polar surface area (TPSA) is 0 Å². The fourth-order valence-electron chi connectivity index (χ4n) is 9.19. The number of halogens is 1. The summed E-state index contributed by atoms with van der Waals surface area (Å²) in [5.41, 5.74) is 24.6. The second kappa shape index (κ2) is 11.9. The van der Waals surface area contributed by atoms with Crippen molar-refractivity contribution in [1.82, 2.24) is 0 Å². The first-order valence-electron chi connectivity index (χ1n) is 18.4. The van der Waals surface area contributed by atoms with Crippen LogP contribution in [0.2, 0.25) is 0 Å². The molecule has 10 rings (SSSR count). The SMILES string of the molecule is Cc1ccc2c(c1)C(c1ccc3c(c1)CC3)(c1ccc3c(c1)CC3)c1cc(C)c(-c3ccc(Cc4ccccc4)c(-c4ccccc4I)c3)cc1-2. The van der Waals surface area contributed by atoms with Crippen molar-refractivity contribution in [3.05, 3.63) is 210 Å². The summed E-state index contributed by atoms with van der Waals surface area (Å²) in [6, 6.07) is 53.9. The second-order valence-electron chi connectivity index (χ2n) is 15.0. The van der Waals surface area contributed by atoms with Crippen LogP contribution in [0.1, 0.15) is 66.8 Å². The molecule has 246 valence electrons. The zero-order chi connectivity index (χ0) is 34.3. The van der Waals surface area contributed by atoms with Crippen molar-refractivity contribution in [2.45, 2.75) is 51.4 Å². The molecule has 0 unspecified atom stereocenters. The van der Waals surface area contributed by atoms with Gasteiger partial charge in [-0.3, -0.25) is 0 Å². The molecule has 0 fully saturated rings. The van der Waals surface area contributed by atoms with E-state index in [2.05, 4.69) is 176 Å². The molecule has 0 amide bonds. The number of rotatable bonds is 6. The molecule has 3 aliphatic carbocycles. The van der Waals surface area contributed by atoms with Crippen LogP contribution in [0.3, 0.4) is 0 Å². The standard InChI is InChI=1S/C50H39I/c1-31-12-23-42-46-30-44(39-18-17-38(26-33-8-4-3-5-9-33)45(29-39)43-10-6-7-11-49(43)51)32(2)25-48(46)50(47(42)24-31,40-21-19-34-13-15-36(34)27-40)41-22-20-35-14-16-37(35)28-41/h3-12,17-25,27-30H,13-16,26H2,1-2H3. The molecular weight excluding hydrogens is 727 g/mol. The third kappa shape index (κ3) is 4.84. The Morgan fingerprint density at radius 1 is 0.490 bits per heavy atom. The first kappa shape index (κ1) is 31.0. The number of benzene rings is 7. The molecule has 0 bridgehead atoms. The average Bonchev–Trinajstić information content (AvgIpc) is 3.39. The number of fused-ring (bicyclic) bond motifs is 5. The van der Waals surface area contributed by atoms with Gasteiger partial charge >= 0.3 is 0 Å². The summed E-state index contributed by atoms with van der Waals surface area (Å²) in [7, 11) is 0. The van der Waals surface area contributed by atoms with Crippen LogP contribution in [0.5, 0.6) is 0 Å². The van der Waals surface area contributed by atoms with Crippen molar-refractivity contribution in [2.75, 3.05) is 0 Å². The minimum atomic E-state index is -0.361. The Balaban J connectivity index is 1.20. The summed E-state index contributed by atoms with van der Waals surface area (Å²) in [4.78, 5) is 0. The average molecular weight is 767 g/mol. The smallest absolute Gasteiger partial charge is 0.0622 e.